The molecule has 0 bridgehead atoms. The van der Waals surface area contributed by atoms with Crippen LogP contribution >= 0.6 is 0 Å². The third-order valence-corrected chi connectivity index (χ3v) is 3.48. The summed E-state index contributed by atoms with van der Waals surface area (Å²) in [4.78, 5) is 3.80. The SMILES string of the molecule is COc1ccc(CN=C(Cc2ccccc2)C(F)(F)F)c(OC)c1. The minimum Gasteiger partial charge on any atom is -0.497 e. The molecular weight excluding hydrogens is 319 g/mol. The Kier molecular flexibility index (Phi) is 5.84. The lowest BCUT2D eigenvalue weighted by atomic mass is 10.1. The summed E-state index contributed by atoms with van der Waals surface area (Å²) < 4.78 is 50.0. The van der Waals surface area contributed by atoms with Gasteiger partial charge in [-0.3, -0.25) is 4.99 Å². The summed E-state index contributed by atoms with van der Waals surface area (Å²) in [5.41, 5.74) is 0.315. The summed E-state index contributed by atoms with van der Waals surface area (Å²) in [5, 5.41) is 0. The fourth-order valence-electron chi connectivity index (χ4n) is 2.20. The third-order valence-electron chi connectivity index (χ3n) is 3.48. The molecular formula is C18H18F3NO2. The van der Waals surface area contributed by atoms with E-state index >= 15 is 0 Å². The van der Waals surface area contributed by atoms with Crippen LogP contribution in [-0.4, -0.2) is 26.1 Å². The van der Waals surface area contributed by atoms with Crippen LogP contribution in [0.4, 0.5) is 13.2 Å². The molecule has 0 amide bonds. The molecule has 0 unspecified atom stereocenters. The first-order valence-corrected chi connectivity index (χ1v) is 7.29. The summed E-state index contributed by atoms with van der Waals surface area (Å²) in [7, 11) is 2.96. The molecule has 0 heterocycles. The summed E-state index contributed by atoms with van der Waals surface area (Å²) in [6, 6.07) is 13.4. The van der Waals surface area contributed by atoms with Crippen LogP contribution in [0.15, 0.2) is 53.5 Å². The maximum absolute atomic E-state index is 13.2. The van der Waals surface area contributed by atoms with Gasteiger partial charge in [0.15, 0.2) is 0 Å². The van der Waals surface area contributed by atoms with Gasteiger partial charge < -0.3 is 9.47 Å². The molecule has 24 heavy (non-hydrogen) atoms. The topological polar surface area (TPSA) is 30.8 Å². The Morgan fingerprint density at radius 1 is 1.00 bits per heavy atom. The maximum Gasteiger partial charge on any atom is 0.429 e. The largest absolute Gasteiger partial charge is 0.497 e. The van der Waals surface area contributed by atoms with E-state index in [2.05, 4.69) is 4.99 Å². The molecule has 0 fully saturated rings. The Morgan fingerprint density at radius 2 is 1.71 bits per heavy atom. The van der Waals surface area contributed by atoms with Crippen molar-refractivity contribution in [2.45, 2.75) is 19.1 Å². The van der Waals surface area contributed by atoms with Crippen molar-refractivity contribution in [3.8, 4) is 11.5 Å². The summed E-state index contributed by atoms with van der Waals surface area (Å²) in [5.74, 6) is 1.01. The van der Waals surface area contributed by atoms with Crippen LogP contribution in [0.25, 0.3) is 0 Å². The van der Waals surface area contributed by atoms with Gasteiger partial charge >= 0.3 is 6.18 Å². The van der Waals surface area contributed by atoms with E-state index < -0.39 is 11.9 Å². The van der Waals surface area contributed by atoms with Crippen LogP contribution in [0.2, 0.25) is 0 Å². The number of methoxy groups -OCH3 is 2. The van der Waals surface area contributed by atoms with Gasteiger partial charge in [-0.2, -0.15) is 13.2 Å². The number of hydrogen-bond acceptors (Lipinski definition) is 3. The number of alkyl halides is 3. The zero-order valence-electron chi connectivity index (χ0n) is 13.4. The highest BCUT2D eigenvalue weighted by Gasteiger charge is 2.35. The Bertz CT molecular complexity index is 697. The lowest BCUT2D eigenvalue weighted by Gasteiger charge is -2.12. The zero-order chi connectivity index (χ0) is 17.6. The Balaban J connectivity index is 2.25. The Labute approximate surface area is 138 Å². The second-order valence-corrected chi connectivity index (χ2v) is 5.10. The van der Waals surface area contributed by atoms with Gasteiger partial charge in [0.2, 0.25) is 0 Å². The van der Waals surface area contributed by atoms with Gasteiger partial charge in [-0.05, 0) is 17.7 Å². The maximum atomic E-state index is 13.2. The third kappa shape index (κ3) is 4.75. The number of rotatable bonds is 6. The Morgan fingerprint density at radius 3 is 2.29 bits per heavy atom. The second kappa shape index (κ2) is 7.86. The lowest BCUT2D eigenvalue weighted by molar-refractivity contribution is -0.0603. The predicted octanol–water partition coefficient (Wildman–Crippen LogP) is 4.45. The number of nitrogens with zero attached hydrogens (tertiary/aromatic N) is 1. The summed E-state index contributed by atoms with van der Waals surface area (Å²) in [6.07, 6.45) is -4.74. The zero-order valence-corrected chi connectivity index (χ0v) is 13.4. The molecule has 0 radical (unpaired) electrons. The summed E-state index contributed by atoms with van der Waals surface area (Å²) >= 11 is 0. The van der Waals surface area contributed by atoms with E-state index in [4.69, 9.17) is 9.47 Å². The highest BCUT2D eigenvalue weighted by atomic mass is 19.4. The van der Waals surface area contributed by atoms with Gasteiger partial charge in [0.1, 0.15) is 17.2 Å². The van der Waals surface area contributed by atoms with Gasteiger partial charge in [0, 0.05) is 18.1 Å². The van der Waals surface area contributed by atoms with Gasteiger partial charge in [-0.15, -0.1) is 0 Å². The van der Waals surface area contributed by atoms with Crippen LogP contribution in [0.5, 0.6) is 11.5 Å². The van der Waals surface area contributed by atoms with E-state index in [1.165, 1.54) is 14.2 Å². The van der Waals surface area contributed by atoms with Crippen molar-refractivity contribution in [1.82, 2.24) is 0 Å². The van der Waals surface area contributed by atoms with E-state index in [1.54, 1.807) is 48.5 Å². The first kappa shape index (κ1) is 17.8. The number of aliphatic imine (C=N–C) groups is 1. The standard InChI is InChI=1S/C18H18F3NO2/c1-23-15-9-8-14(16(11-15)24-2)12-22-17(18(19,20)21)10-13-6-4-3-5-7-13/h3-9,11H,10,12H2,1-2H3. The van der Waals surface area contributed by atoms with Gasteiger partial charge in [-0.1, -0.05) is 30.3 Å². The van der Waals surface area contributed by atoms with Crippen LogP contribution in [0.1, 0.15) is 11.1 Å². The highest BCUT2D eigenvalue weighted by molar-refractivity contribution is 5.91. The van der Waals surface area contributed by atoms with Crippen LogP contribution in [0, 0.1) is 0 Å². The molecule has 0 aliphatic heterocycles. The summed E-state index contributed by atoms with van der Waals surface area (Å²) in [6.45, 7) is -0.116. The van der Waals surface area contributed by atoms with Crippen molar-refractivity contribution in [3.63, 3.8) is 0 Å². The smallest absolute Gasteiger partial charge is 0.429 e. The Hall–Kier alpha value is -2.50. The van der Waals surface area contributed by atoms with Crippen molar-refractivity contribution < 1.29 is 22.6 Å². The van der Waals surface area contributed by atoms with Crippen molar-refractivity contribution in [1.29, 1.82) is 0 Å². The van der Waals surface area contributed by atoms with Gasteiger partial charge in [0.05, 0.1) is 20.8 Å². The molecule has 0 saturated carbocycles. The lowest BCUT2D eigenvalue weighted by Crippen LogP contribution is -2.25. The van der Waals surface area contributed by atoms with Crippen molar-refractivity contribution >= 4 is 5.71 Å². The number of halogens is 3. The molecule has 0 aromatic heterocycles. The molecule has 2 aromatic rings. The highest BCUT2D eigenvalue weighted by Crippen LogP contribution is 2.26. The molecule has 2 rings (SSSR count). The van der Waals surface area contributed by atoms with E-state index in [9.17, 15) is 13.2 Å². The molecule has 128 valence electrons. The van der Waals surface area contributed by atoms with Crippen molar-refractivity contribution in [2.75, 3.05) is 14.2 Å². The number of ether oxygens (including phenoxy) is 2. The van der Waals surface area contributed by atoms with Crippen LogP contribution in [0.3, 0.4) is 0 Å². The molecule has 0 aliphatic rings. The van der Waals surface area contributed by atoms with Crippen LogP contribution in [-0.2, 0) is 13.0 Å². The molecule has 0 spiro atoms. The van der Waals surface area contributed by atoms with Crippen LogP contribution < -0.4 is 9.47 Å². The minimum absolute atomic E-state index is 0.116. The first-order chi connectivity index (χ1) is 11.4. The fraction of sp³-hybridized carbons (Fsp3) is 0.278. The number of benzene rings is 2. The number of hydrogen-bond donors (Lipinski definition) is 0. The normalized spacial score (nSPS) is 12.1. The fourth-order valence-corrected chi connectivity index (χ4v) is 2.20. The van der Waals surface area contributed by atoms with Gasteiger partial charge in [0.25, 0.3) is 0 Å². The molecule has 0 atom stereocenters. The van der Waals surface area contributed by atoms with E-state index in [1.807, 2.05) is 0 Å². The minimum atomic E-state index is -4.48. The molecule has 2 aromatic carbocycles. The monoisotopic (exact) mass is 337 g/mol. The molecule has 0 saturated heterocycles. The van der Waals surface area contributed by atoms with E-state index in [0.29, 0.717) is 22.6 Å². The van der Waals surface area contributed by atoms with Gasteiger partial charge in [-0.25, -0.2) is 0 Å². The molecule has 3 nitrogen and oxygen atoms in total. The van der Waals surface area contributed by atoms with Crippen molar-refractivity contribution in [3.05, 3.63) is 59.7 Å². The molecule has 0 N–H and O–H groups in total. The second-order valence-electron chi connectivity index (χ2n) is 5.10. The van der Waals surface area contributed by atoms with E-state index in [-0.39, 0.29) is 13.0 Å². The predicted molar refractivity (Wildman–Crippen MR) is 86.9 cm³/mol. The van der Waals surface area contributed by atoms with Crippen molar-refractivity contribution in [2.24, 2.45) is 4.99 Å². The molecule has 0 aliphatic carbocycles. The quantitative estimate of drug-likeness (QED) is 0.729. The first-order valence-electron chi connectivity index (χ1n) is 7.29. The van der Waals surface area contributed by atoms with E-state index in [0.717, 1.165) is 0 Å². The molecule has 6 heteroatoms. The average molecular weight is 337 g/mol. The average Bonchev–Trinajstić information content (AvgIpc) is 2.58.